The Morgan fingerprint density at radius 1 is 1.17 bits per heavy atom. The first-order valence-electron chi connectivity index (χ1n) is 9.46. The van der Waals surface area contributed by atoms with Gasteiger partial charge in [0.15, 0.2) is 0 Å². The van der Waals surface area contributed by atoms with Crippen LogP contribution in [0.1, 0.15) is 31.4 Å². The van der Waals surface area contributed by atoms with E-state index >= 15 is 0 Å². The van der Waals surface area contributed by atoms with Crippen LogP contribution in [0.15, 0.2) is 24.4 Å². The number of amides is 2. The lowest BCUT2D eigenvalue weighted by Crippen LogP contribution is -2.55. The molecule has 4 rings (SSSR count). The van der Waals surface area contributed by atoms with E-state index in [1.54, 1.807) is 6.20 Å². The topological polar surface area (TPSA) is 48.5 Å². The second-order valence-electron chi connectivity index (χ2n) is 7.57. The number of rotatable bonds is 4. The van der Waals surface area contributed by atoms with E-state index in [9.17, 15) is 4.79 Å². The molecule has 5 heteroatoms. The maximum atomic E-state index is 12.3. The fourth-order valence-corrected chi connectivity index (χ4v) is 4.87. The van der Waals surface area contributed by atoms with Gasteiger partial charge in [0.1, 0.15) is 0 Å². The summed E-state index contributed by atoms with van der Waals surface area (Å²) in [5.41, 5.74) is 1.03. The van der Waals surface area contributed by atoms with Crippen molar-refractivity contribution < 1.29 is 4.79 Å². The molecule has 2 aliphatic carbocycles. The Balaban J connectivity index is 1.19. The quantitative estimate of drug-likeness (QED) is 0.921. The molecule has 0 radical (unpaired) electrons. The van der Waals surface area contributed by atoms with Crippen molar-refractivity contribution >= 4 is 6.03 Å². The summed E-state index contributed by atoms with van der Waals surface area (Å²) < 4.78 is 0. The minimum Gasteiger partial charge on any atom is -0.338 e. The zero-order valence-electron chi connectivity index (χ0n) is 14.4. The Labute approximate surface area is 144 Å². The maximum Gasteiger partial charge on any atom is 0.317 e. The minimum atomic E-state index is 0.0820. The third-order valence-corrected chi connectivity index (χ3v) is 6.15. The molecule has 130 valence electrons. The number of aromatic nitrogens is 1. The summed E-state index contributed by atoms with van der Waals surface area (Å²) in [6.07, 6.45) is 8.34. The predicted molar refractivity (Wildman–Crippen MR) is 93.7 cm³/mol. The summed E-state index contributed by atoms with van der Waals surface area (Å²) in [6.45, 7) is 4.47. The lowest BCUT2D eigenvalue weighted by Gasteiger charge is -2.40. The first-order chi connectivity index (χ1) is 11.8. The highest BCUT2D eigenvalue weighted by molar-refractivity contribution is 5.74. The monoisotopic (exact) mass is 328 g/mol. The number of fused-ring (bicyclic) bond motifs is 2. The Morgan fingerprint density at radius 2 is 2.04 bits per heavy atom. The Hall–Kier alpha value is -1.62. The number of carbonyl (C=O) groups is 1. The normalized spacial score (nSPS) is 29.8. The van der Waals surface area contributed by atoms with Crippen LogP contribution in [0.3, 0.4) is 0 Å². The van der Waals surface area contributed by atoms with Gasteiger partial charge < -0.3 is 10.2 Å². The number of carbonyl (C=O) groups excluding carboxylic acids is 1. The van der Waals surface area contributed by atoms with Crippen molar-refractivity contribution in [2.75, 3.05) is 32.7 Å². The van der Waals surface area contributed by atoms with Gasteiger partial charge in [-0.3, -0.25) is 9.88 Å². The van der Waals surface area contributed by atoms with E-state index in [-0.39, 0.29) is 6.03 Å². The average Bonchev–Trinajstić information content (AvgIpc) is 3.26. The van der Waals surface area contributed by atoms with Crippen LogP contribution in [0.5, 0.6) is 0 Å². The van der Waals surface area contributed by atoms with E-state index < -0.39 is 0 Å². The Bertz CT molecular complexity index is 556. The maximum absolute atomic E-state index is 12.3. The number of nitrogens with zero attached hydrogens (tertiary/aromatic N) is 3. The van der Waals surface area contributed by atoms with Gasteiger partial charge >= 0.3 is 6.03 Å². The van der Waals surface area contributed by atoms with Gasteiger partial charge in [0.05, 0.1) is 0 Å². The third-order valence-electron chi connectivity index (χ3n) is 6.15. The largest absolute Gasteiger partial charge is 0.338 e. The highest BCUT2D eigenvalue weighted by Gasteiger charge is 2.42. The van der Waals surface area contributed by atoms with E-state index in [0.29, 0.717) is 6.54 Å². The molecule has 1 aromatic heterocycles. The first-order valence-corrected chi connectivity index (χ1v) is 9.46. The zero-order valence-corrected chi connectivity index (χ0v) is 14.4. The van der Waals surface area contributed by atoms with Crippen molar-refractivity contribution in [2.24, 2.45) is 11.8 Å². The van der Waals surface area contributed by atoms with E-state index in [1.165, 1.54) is 25.7 Å². The van der Waals surface area contributed by atoms with Gasteiger partial charge in [-0.1, -0.05) is 12.5 Å². The SMILES string of the molecule is O=C(NCCc1ccccn1)N1CCN(C2CC3CCC2C3)CC1. The van der Waals surface area contributed by atoms with Crippen molar-refractivity contribution in [3.05, 3.63) is 30.1 Å². The molecule has 2 saturated carbocycles. The fraction of sp³-hybridized carbons (Fsp3) is 0.684. The van der Waals surface area contributed by atoms with Crippen LogP contribution in [0.2, 0.25) is 0 Å². The van der Waals surface area contributed by atoms with E-state index in [2.05, 4.69) is 15.2 Å². The first kappa shape index (κ1) is 15.9. The number of hydrogen-bond donors (Lipinski definition) is 1. The van der Waals surface area contributed by atoms with Crippen LogP contribution in [0.25, 0.3) is 0 Å². The Kier molecular flexibility index (Phi) is 4.69. The van der Waals surface area contributed by atoms with Gasteiger partial charge in [-0.15, -0.1) is 0 Å². The zero-order chi connectivity index (χ0) is 16.4. The van der Waals surface area contributed by atoms with Crippen LogP contribution < -0.4 is 5.32 Å². The predicted octanol–water partition coefficient (Wildman–Crippen LogP) is 2.14. The molecular formula is C19H28N4O. The highest BCUT2D eigenvalue weighted by atomic mass is 16.2. The Morgan fingerprint density at radius 3 is 2.71 bits per heavy atom. The van der Waals surface area contributed by atoms with Crippen molar-refractivity contribution in [2.45, 2.75) is 38.1 Å². The standard InChI is InChI=1S/C19H28N4O/c24-19(21-8-6-17-3-1-2-7-20-17)23-11-9-22(10-12-23)18-14-15-4-5-16(18)13-15/h1-3,7,15-16,18H,4-6,8-14H2,(H,21,24). The van der Waals surface area contributed by atoms with Crippen molar-refractivity contribution in [1.82, 2.24) is 20.1 Å². The summed E-state index contributed by atoms with van der Waals surface area (Å²) in [6, 6.07) is 6.79. The van der Waals surface area contributed by atoms with Crippen molar-refractivity contribution in [1.29, 1.82) is 0 Å². The molecule has 3 fully saturated rings. The molecule has 1 aromatic rings. The number of urea groups is 1. The van der Waals surface area contributed by atoms with Gasteiger partial charge in [0.2, 0.25) is 0 Å². The molecule has 5 nitrogen and oxygen atoms in total. The summed E-state index contributed by atoms with van der Waals surface area (Å²) in [5.74, 6) is 1.93. The van der Waals surface area contributed by atoms with E-state index in [1.807, 2.05) is 23.1 Å². The molecule has 1 aliphatic heterocycles. The smallest absolute Gasteiger partial charge is 0.317 e. The molecule has 0 aromatic carbocycles. The van der Waals surface area contributed by atoms with E-state index in [4.69, 9.17) is 0 Å². The summed E-state index contributed by atoms with van der Waals surface area (Å²) in [4.78, 5) is 21.2. The average molecular weight is 328 g/mol. The molecule has 2 heterocycles. The second-order valence-corrected chi connectivity index (χ2v) is 7.57. The van der Waals surface area contributed by atoms with Gasteiger partial charge in [0.25, 0.3) is 0 Å². The number of hydrogen-bond acceptors (Lipinski definition) is 3. The minimum absolute atomic E-state index is 0.0820. The second kappa shape index (κ2) is 7.09. The number of nitrogens with one attached hydrogen (secondary N) is 1. The van der Waals surface area contributed by atoms with Crippen LogP contribution in [0.4, 0.5) is 4.79 Å². The molecule has 24 heavy (non-hydrogen) atoms. The summed E-state index contributed by atoms with van der Waals surface area (Å²) in [5, 5.41) is 3.04. The lowest BCUT2D eigenvalue weighted by atomic mass is 9.93. The molecule has 1 N–H and O–H groups in total. The molecule has 0 spiro atoms. The lowest BCUT2D eigenvalue weighted by molar-refractivity contribution is 0.0828. The van der Waals surface area contributed by atoms with Gasteiger partial charge in [-0.2, -0.15) is 0 Å². The fourth-order valence-electron chi connectivity index (χ4n) is 4.87. The molecule has 3 unspecified atom stereocenters. The van der Waals surface area contributed by atoms with Gasteiger partial charge in [-0.05, 0) is 43.2 Å². The van der Waals surface area contributed by atoms with Crippen LogP contribution in [-0.4, -0.2) is 59.6 Å². The van der Waals surface area contributed by atoms with Gasteiger partial charge in [0, 0.05) is 57.1 Å². The third kappa shape index (κ3) is 3.41. The van der Waals surface area contributed by atoms with Crippen LogP contribution in [0, 0.1) is 11.8 Å². The summed E-state index contributed by atoms with van der Waals surface area (Å²) >= 11 is 0. The molecule has 3 aliphatic rings. The van der Waals surface area contributed by atoms with E-state index in [0.717, 1.165) is 56.2 Å². The van der Waals surface area contributed by atoms with Crippen LogP contribution >= 0.6 is 0 Å². The molecular weight excluding hydrogens is 300 g/mol. The number of pyridine rings is 1. The van der Waals surface area contributed by atoms with Crippen molar-refractivity contribution in [3.63, 3.8) is 0 Å². The molecule has 2 amide bonds. The summed E-state index contributed by atoms with van der Waals surface area (Å²) in [7, 11) is 0. The number of piperazine rings is 1. The van der Waals surface area contributed by atoms with Gasteiger partial charge in [-0.25, -0.2) is 4.79 Å². The molecule has 1 saturated heterocycles. The molecule has 2 bridgehead atoms. The highest BCUT2D eigenvalue weighted by Crippen LogP contribution is 2.46. The van der Waals surface area contributed by atoms with Crippen LogP contribution in [-0.2, 0) is 6.42 Å². The molecule has 3 atom stereocenters. The van der Waals surface area contributed by atoms with Crippen molar-refractivity contribution in [3.8, 4) is 0 Å².